The predicted molar refractivity (Wildman–Crippen MR) is 122 cm³/mol. The number of aromatic hydroxyl groups is 1. The van der Waals surface area contributed by atoms with Crippen LogP contribution in [0.4, 0.5) is 5.95 Å². The number of aryl methyl sites for hydroxylation is 1. The fourth-order valence-electron chi connectivity index (χ4n) is 4.03. The number of rotatable bonds is 4. The Labute approximate surface area is 186 Å². The maximum Gasteiger partial charge on any atom is 0.245 e. The summed E-state index contributed by atoms with van der Waals surface area (Å²) in [7, 11) is 0. The molecule has 1 aliphatic rings. The Morgan fingerprint density at radius 1 is 1.09 bits per heavy atom. The van der Waals surface area contributed by atoms with Gasteiger partial charge < -0.3 is 19.7 Å². The van der Waals surface area contributed by atoms with Crippen molar-refractivity contribution in [2.75, 3.05) is 24.5 Å². The van der Waals surface area contributed by atoms with Gasteiger partial charge in [-0.05, 0) is 25.0 Å². The van der Waals surface area contributed by atoms with Gasteiger partial charge in [-0.25, -0.2) is 9.97 Å². The van der Waals surface area contributed by atoms with Gasteiger partial charge in [0, 0.05) is 49.2 Å². The van der Waals surface area contributed by atoms with Crippen LogP contribution in [0.5, 0.6) is 5.75 Å². The van der Waals surface area contributed by atoms with Crippen molar-refractivity contribution in [2.45, 2.75) is 26.8 Å². The molecule has 0 bridgehead atoms. The number of hydrogen-bond acceptors (Lipinski definition) is 8. The van der Waals surface area contributed by atoms with Gasteiger partial charge in [-0.3, -0.25) is 4.98 Å². The Kier molecular flexibility index (Phi) is 5.18. The van der Waals surface area contributed by atoms with Crippen molar-refractivity contribution < 1.29 is 5.11 Å². The number of benzene rings is 1. The second-order valence-electron chi connectivity index (χ2n) is 8.55. The molecule has 1 unspecified atom stereocenters. The van der Waals surface area contributed by atoms with Gasteiger partial charge in [0.15, 0.2) is 5.65 Å². The highest BCUT2D eigenvalue weighted by Crippen LogP contribution is 2.31. The van der Waals surface area contributed by atoms with Gasteiger partial charge in [0.2, 0.25) is 5.95 Å². The molecule has 1 fully saturated rings. The van der Waals surface area contributed by atoms with Crippen molar-refractivity contribution >= 4 is 11.6 Å². The summed E-state index contributed by atoms with van der Waals surface area (Å²) >= 11 is 0. The summed E-state index contributed by atoms with van der Waals surface area (Å²) in [5.74, 6) is 1.26. The Balaban J connectivity index is 1.38. The van der Waals surface area contributed by atoms with Crippen LogP contribution in [0.25, 0.3) is 28.2 Å². The molecule has 0 amide bonds. The quantitative estimate of drug-likeness (QED) is 0.509. The monoisotopic (exact) mass is 430 g/mol. The van der Waals surface area contributed by atoms with Crippen LogP contribution in [0.15, 0.2) is 43.0 Å². The van der Waals surface area contributed by atoms with Crippen LogP contribution in [0.1, 0.15) is 19.5 Å². The normalized spacial score (nSPS) is 16.8. The van der Waals surface area contributed by atoms with Crippen LogP contribution < -0.4 is 10.2 Å². The second kappa shape index (κ2) is 8.16. The molecule has 32 heavy (non-hydrogen) atoms. The second-order valence-corrected chi connectivity index (χ2v) is 8.55. The molecular weight excluding hydrogens is 404 g/mol. The number of phenols is 1. The van der Waals surface area contributed by atoms with Crippen molar-refractivity contribution in [2.24, 2.45) is 5.92 Å². The Bertz CT molecular complexity index is 1250. The number of imidazole rings is 1. The number of aromatic nitrogens is 6. The highest BCUT2D eigenvalue weighted by atomic mass is 16.3. The number of nitrogens with one attached hydrogen (secondary N) is 1. The average molecular weight is 431 g/mol. The molecule has 164 valence electrons. The van der Waals surface area contributed by atoms with E-state index in [-0.39, 0.29) is 5.75 Å². The Morgan fingerprint density at radius 3 is 2.72 bits per heavy atom. The molecule has 4 aromatic rings. The molecule has 4 heterocycles. The maximum atomic E-state index is 10.7. The summed E-state index contributed by atoms with van der Waals surface area (Å²) in [4.78, 5) is 15.5. The van der Waals surface area contributed by atoms with E-state index in [4.69, 9.17) is 0 Å². The highest BCUT2D eigenvalue weighted by molar-refractivity contribution is 5.72. The zero-order valence-electron chi connectivity index (χ0n) is 18.4. The topological polar surface area (TPSA) is 104 Å². The first-order valence-corrected chi connectivity index (χ1v) is 10.8. The Morgan fingerprint density at radius 2 is 1.97 bits per heavy atom. The number of hydrogen-bond donors (Lipinski definition) is 2. The van der Waals surface area contributed by atoms with Crippen LogP contribution in [-0.2, 0) is 0 Å². The average Bonchev–Trinajstić information content (AvgIpc) is 3.18. The van der Waals surface area contributed by atoms with E-state index in [1.54, 1.807) is 18.5 Å². The van der Waals surface area contributed by atoms with Crippen LogP contribution >= 0.6 is 0 Å². The molecule has 9 heteroatoms. The molecule has 5 rings (SSSR count). The third-order valence-corrected chi connectivity index (χ3v) is 5.87. The molecule has 1 atom stereocenters. The number of nitrogens with zero attached hydrogens (tertiary/aromatic N) is 7. The van der Waals surface area contributed by atoms with E-state index in [0.717, 1.165) is 42.2 Å². The van der Waals surface area contributed by atoms with Gasteiger partial charge in [0.25, 0.3) is 0 Å². The zero-order chi connectivity index (χ0) is 22.2. The first kappa shape index (κ1) is 20.3. The van der Waals surface area contributed by atoms with Gasteiger partial charge in [0.05, 0.1) is 23.8 Å². The fourth-order valence-corrected chi connectivity index (χ4v) is 4.03. The van der Waals surface area contributed by atoms with E-state index in [1.807, 2.05) is 35.9 Å². The van der Waals surface area contributed by atoms with E-state index in [2.05, 4.69) is 49.2 Å². The highest BCUT2D eigenvalue weighted by Gasteiger charge is 2.23. The lowest BCUT2D eigenvalue weighted by molar-refractivity contribution is 0.365. The lowest BCUT2D eigenvalue weighted by Crippen LogP contribution is -2.53. The first-order chi connectivity index (χ1) is 15.5. The lowest BCUT2D eigenvalue weighted by atomic mass is 10.0. The molecular formula is C23H26N8O. The van der Waals surface area contributed by atoms with Gasteiger partial charge in [-0.15, -0.1) is 10.2 Å². The van der Waals surface area contributed by atoms with Crippen LogP contribution in [0.2, 0.25) is 0 Å². The SMILES string of the molecule is Cc1cn2cc(-c3ccc(-c4cnc(N5CCNC(C(C)C)C5)nn4)c(O)c3)ncc2n1. The van der Waals surface area contributed by atoms with E-state index in [0.29, 0.717) is 29.2 Å². The van der Waals surface area contributed by atoms with Gasteiger partial charge >= 0.3 is 0 Å². The standard InChI is InChI=1S/C23H26N8O/c1-14(2)19-12-30(7-6-24-19)23-26-9-18(28-29-23)17-5-4-16(8-21(17)32)20-13-31-11-15(3)27-22(31)10-25-20/h4-5,8-11,13-14,19,24,32H,6-7,12H2,1-3H3. The van der Waals surface area contributed by atoms with E-state index in [1.165, 1.54) is 0 Å². The van der Waals surface area contributed by atoms with Crippen LogP contribution in [0, 0.1) is 12.8 Å². The summed E-state index contributed by atoms with van der Waals surface area (Å²) in [5.41, 5.74) is 4.38. The minimum atomic E-state index is 0.108. The molecule has 1 saturated heterocycles. The summed E-state index contributed by atoms with van der Waals surface area (Å²) in [5, 5.41) is 22.9. The molecule has 0 aliphatic carbocycles. The van der Waals surface area contributed by atoms with Crippen molar-refractivity contribution in [1.82, 2.24) is 34.9 Å². The molecule has 9 nitrogen and oxygen atoms in total. The van der Waals surface area contributed by atoms with Crippen molar-refractivity contribution in [3.05, 3.63) is 48.7 Å². The van der Waals surface area contributed by atoms with E-state index in [9.17, 15) is 5.11 Å². The smallest absolute Gasteiger partial charge is 0.245 e. The minimum Gasteiger partial charge on any atom is -0.507 e. The third-order valence-electron chi connectivity index (χ3n) is 5.87. The summed E-state index contributed by atoms with van der Waals surface area (Å²) < 4.78 is 1.93. The molecule has 1 aromatic carbocycles. The summed E-state index contributed by atoms with van der Waals surface area (Å²) in [6.45, 7) is 8.96. The molecule has 0 spiro atoms. The van der Waals surface area contributed by atoms with Gasteiger partial charge in [0.1, 0.15) is 11.4 Å². The molecule has 1 aliphatic heterocycles. The minimum absolute atomic E-state index is 0.108. The summed E-state index contributed by atoms with van der Waals surface area (Å²) in [6.07, 6.45) is 7.24. The largest absolute Gasteiger partial charge is 0.507 e. The predicted octanol–water partition coefficient (Wildman–Crippen LogP) is 2.70. The van der Waals surface area contributed by atoms with Crippen molar-refractivity contribution in [1.29, 1.82) is 0 Å². The number of fused-ring (bicyclic) bond motifs is 1. The molecule has 3 aromatic heterocycles. The molecule has 2 N–H and O–H groups in total. The maximum absolute atomic E-state index is 10.7. The number of piperazine rings is 1. The zero-order valence-corrected chi connectivity index (χ0v) is 18.4. The summed E-state index contributed by atoms with van der Waals surface area (Å²) in [6, 6.07) is 5.82. The lowest BCUT2D eigenvalue weighted by Gasteiger charge is -2.35. The van der Waals surface area contributed by atoms with E-state index >= 15 is 0 Å². The van der Waals surface area contributed by atoms with Crippen molar-refractivity contribution in [3.8, 4) is 28.3 Å². The van der Waals surface area contributed by atoms with Crippen LogP contribution in [0.3, 0.4) is 0 Å². The van der Waals surface area contributed by atoms with Gasteiger partial charge in [-0.2, -0.15) is 0 Å². The molecule has 0 saturated carbocycles. The molecule has 0 radical (unpaired) electrons. The van der Waals surface area contributed by atoms with Crippen LogP contribution in [-0.4, -0.2) is 60.3 Å². The Hall–Kier alpha value is -3.59. The number of phenolic OH excluding ortho intramolecular Hbond substituents is 1. The fraction of sp³-hybridized carbons (Fsp3) is 0.348. The first-order valence-electron chi connectivity index (χ1n) is 10.8. The third kappa shape index (κ3) is 3.87. The number of anilines is 1. The van der Waals surface area contributed by atoms with Crippen molar-refractivity contribution in [3.63, 3.8) is 0 Å². The van der Waals surface area contributed by atoms with E-state index < -0.39 is 0 Å². The van der Waals surface area contributed by atoms with Gasteiger partial charge in [-0.1, -0.05) is 19.9 Å².